The van der Waals surface area contributed by atoms with E-state index in [1.54, 1.807) is 0 Å². The number of aliphatic hydroxyl groups excluding tert-OH is 2. The van der Waals surface area contributed by atoms with E-state index >= 15 is 0 Å². The first kappa shape index (κ1) is 13.5. The average Bonchev–Trinajstić information content (AvgIpc) is 2.84. The van der Waals surface area contributed by atoms with Gasteiger partial charge in [0, 0.05) is 18.7 Å². The number of aliphatic hydroxyl groups is 2. The van der Waals surface area contributed by atoms with Crippen LogP contribution in [0.2, 0.25) is 0 Å². The van der Waals surface area contributed by atoms with E-state index in [0.717, 1.165) is 0 Å². The largest absolute Gasteiger partial charge is 0.391 e. The van der Waals surface area contributed by atoms with E-state index in [2.05, 4.69) is 11.8 Å². The summed E-state index contributed by atoms with van der Waals surface area (Å²) in [6, 6.07) is 4.00. The van der Waals surface area contributed by atoms with Crippen molar-refractivity contribution in [2.24, 2.45) is 0 Å². The zero-order valence-electron chi connectivity index (χ0n) is 10.3. The Bertz CT molecular complexity index is 547. The summed E-state index contributed by atoms with van der Waals surface area (Å²) in [5, 5.41) is 18.0. The maximum atomic E-state index is 13.7. The van der Waals surface area contributed by atoms with E-state index in [1.165, 1.54) is 23.1 Å². The highest BCUT2D eigenvalue weighted by atomic mass is 19.1. The number of hydrogen-bond donors (Lipinski definition) is 2. The second kappa shape index (κ2) is 5.83. The minimum atomic E-state index is -0.610. The molecule has 1 atom stereocenters. The Morgan fingerprint density at radius 3 is 2.95 bits per heavy atom. The van der Waals surface area contributed by atoms with Gasteiger partial charge < -0.3 is 15.1 Å². The van der Waals surface area contributed by atoms with Gasteiger partial charge in [0.25, 0.3) is 5.91 Å². The summed E-state index contributed by atoms with van der Waals surface area (Å²) in [5.41, 5.74) is 0.414. The molecule has 0 bridgehead atoms. The van der Waals surface area contributed by atoms with Gasteiger partial charge in [-0.25, -0.2) is 4.39 Å². The topological polar surface area (TPSA) is 60.8 Å². The van der Waals surface area contributed by atoms with Crippen LogP contribution < -0.4 is 0 Å². The highest BCUT2D eigenvalue weighted by Crippen LogP contribution is 2.17. The normalized spacial score (nSPS) is 18.1. The van der Waals surface area contributed by atoms with Gasteiger partial charge in [0.1, 0.15) is 12.4 Å². The lowest BCUT2D eigenvalue weighted by molar-refractivity contribution is 0.0760. The Hall–Kier alpha value is -1.90. The maximum absolute atomic E-state index is 13.7. The fourth-order valence-electron chi connectivity index (χ4n) is 2.01. The monoisotopic (exact) mass is 263 g/mol. The molecule has 1 aliphatic heterocycles. The van der Waals surface area contributed by atoms with Crippen molar-refractivity contribution in [2.75, 3.05) is 19.7 Å². The molecule has 2 N–H and O–H groups in total. The third-order valence-electron chi connectivity index (χ3n) is 2.96. The SMILES string of the molecule is O=C(c1cc(C#CCO)ccc1F)N1CCC(O)C1. The number of nitrogens with zero attached hydrogens (tertiary/aromatic N) is 1. The number of carbonyl (C=O) groups excluding carboxylic acids is 1. The first-order valence-corrected chi connectivity index (χ1v) is 5.98. The van der Waals surface area contributed by atoms with Gasteiger partial charge in [-0.15, -0.1) is 0 Å². The molecule has 0 radical (unpaired) electrons. The summed E-state index contributed by atoms with van der Waals surface area (Å²) in [5.74, 6) is 4.02. The van der Waals surface area contributed by atoms with Gasteiger partial charge in [-0.2, -0.15) is 0 Å². The molecule has 2 rings (SSSR count). The molecule has 19 heavy (non-hydrogen) atoms. The molecule has 1 fully saturated rings. The van der Waals surface area contributed by atoms with Crippen LogP contribution in [0.15, 0.2) is 18.2 Å². The third kappa shape index (κ3) is 3.11. The van der Waals surface area contributed by atoms with Gasteiger partial charge in [-0.1, -0.05) is 11.8 Å². The Kier molecular flexibility index (Phi) is 4.15. The lowest BCUT2D eigenvalue weighted by Crippen LogP contribution is -2.30. The molecule has 0 spiro atoms. The molecule has 1 unspecified atom stereocenters. The van der Waals surface area contributed by atoms with E-state index in [9.17, 15) is 14.3 Å². The van der Waals surface area contributed by atoms with Crippen LogP contribution in [0.1, 0.15) is 22.3 Å². The van der Waals surface area contributed by atoms with Crippen molar-refractivity contribution < 1.29 is 19.4 Å². The molecule has 100 valence electrons. The lowest BCUT2D eigenvalue weighted by atomic mass is 10.1. The summed E-state index contributed by atoms with van der Waals surface area (Å²) in [6.07, 6.45) is -0.0263. The van der Waals surface area contributed by atoms with Crippen LogP contribution in [-0.2, 0) is 0 Å². The summed E-state index contributed by atoms with van der Waals surface area (Å²) in [6.45, 7) is 0.357. The Morgan fingerprint density at radius 2 is 2.32 bits per heavy atom. The summed E-state index contributed by atoms with van der Waals surface area (Å²) in [4.78, 5) is 13.5. The molecular formula is C14H14FNO3. The molecule has 4 nitrogen and oxygen atoms in total. The number of halogens is 1. The van der Waals surface area contributed by atoms with E-state index < -0.39 is 17.8 Å². The molecule has 0 aromatic heterocycles. The van der Waals surface area contributed by atoms with Crippen molar-refractivity contribution in [1.82, 2.24) is 4.90 Å². The van der Waals surface area contributed by atoms with Crippen LogP contribution in [0.5, 0.6) is 0 Å². The van der Waals surface area contributed by atoms with Crippen LogP contribution >= 0.6 is 0 Å². The predicted octanol–water partition coefficient (Wildman–Crippen LogP) is 0.376. The van der Waals surface area contributed by atoms with Crippen molar-refractivity contribution in [2.45, 2.75) is 12.5 Å². The highest BCUT2D eigenvalue weighted by molar-refractivity contribution is 5.95. The Balaban J connectivity index is 2.25. The molecular weight excluding hydrogens is 249 g/mol. The third-order valence-corrected chi connectivity index (χ3v) is 2.96. The van der Waals surface area contributed by atoms with Gasteiger partial charge in [0.2, 0.25) is 0 Å². The number of carbonyl (C=O) groups is 1. The quantitative estimate of drug-likeness (QED) is 0.720. The minimum absolute atomic E-state index is 0.0566. The van der Waals surface area contributed by atoms with E-state index in [1.807, 2.05) is 0 Å². The van der Waals surface area contributed by atoms with Crippen molar-refractivity contribution in [3.8, 4) is 11.8 Å². The van der Waals surface area contributed by atoms with Crippen molar-refractivity contribution in [3.05, 3.63) is 35.1 Å². The summed E-state index contributed by atoms with van der Waals surface area (Å²) < 4.78 is 13.7. The summed E-state index contributed by atoms with van der Waals surface area (Å²) >= 11 is 0. The predicted molar refractivity (Wildman–Crippen MR) is 66.9 cm³/mol. The smallest absolute Gasteiger partial charge is 0.256 e. The second-order valence-electron chi connectivity index (χ2n) is 4.35. The molecule has 5 heteroatoms. The molecule has 1 saturated heterocycles. The van der Waals surface area contributed by atoms with Gasteiger partial charge >= 0.3 is 0 Å². The molecule has 1 heterocycles. The highest BCUT2D eigenvalue weighted by Gasteiger charge is 2.27. The number of rotatable bonds is 1. The fraction of sp³-hybridized carbons (Fsp3) is 0.357. The number of amides is 1. The molecule has 1 amide bonds. The van der Waals surface area contributed by atoms with Crippen LogP contribution in [0, 0.1) is 17.7 Å². The number of hydrogen-bond acceptors (Lipinski definition) is 3. The van der Waals surface area contributed by atoms with Gasteiger partial charge in [0.05, 0.1) is 11.7 Å². The Labute approximate surface area is 110 Å². The second-order valence-corrected chi connectivity index (χ2v) is 4.35. The van der Waals surface area contributed by atoms with Gasteiger partial charge in [0.15, 0.2) is 0 Å². The molecule has 0 aliphatic carbocycles. The van der Waals surface area contributed by atoms with Gasteiger partial charge in [-0.3, -0.25) is 4.79 Å². The fourth-order valence-corrected chi connectivity index (χ4v) is 2.01. The standard InChI is InChI=1S/C14H14FNO3/c15-13-4-3-10(2-1-7-17)8-12(13)14(19)16-6-5-11(18)9-16/h3-4,8,11,17-18H,5-7,9H2. The van der Waals surface area contributed by atoms with Crippen LogP contribution in [0.3, 0.4) is 0 Å². The van der Waals surface area contributed by atoms with Crippen LogP contribution in [0.25, 0.3) is 0 Å². The van der Waals surface area contributed by atoms with E-state index in [4.69, 9.17) is 5.11 Å². The van der Waals surface area contributed by atoms with Gasteiger partial charge in [-0.05, 0) is 24.6 Å². The van der Waals surface area contributed by atoms with E-state index in [-0.39, 0.29) is 18.7 Å². The first-order chi connectivity index (χ1) is 9.11. The molecule has 0 saturated carbocycles. The minimum Gasteiger partial charge on any atom is -0.391 e. The lowest BCUT2D eigenvalue weighted by Gasteiger charge is -2.16. The number of likely N-dealkylation sites (tertiary alicyclic amines) is 1. The van der Waals surface area contributed by atoms with Crippen molar-refractivity contribution in [3.63, 3.8) is 0 Å². The number of benzene rings is 1. The van der Waals surface area contributed by atoms with E-state index in [0.29, 0.717) is 18.5 Å². The molecule has 1 aromatic rings. The van der Waals surface area contributed by atoms with Crippen LogP contribution in [-0.4, -0.2) is 46.8 Å². The zero-order valence-corrected chi connectivity index (χ0v) is 10.3. The Morgan fingerprint density at radius 1 is 1.53 bits per heavy atom. The first-order valence-electron chi connectivity index (χ1n) is 5.98. The average molecular weight is 263 g/mol. The number of β-amino-alcohol motifs (C(OH)–C–C–N with tert-alkyl or cyclic N) is 1. The molecule has 1 aliphatic rings. The molecule has 1 aromatic carbocycles. The van der Waals surface area contributed by atoms with Crippen molar-refractivity contribution >= 4 is 5.91 Å². The zero-order chi connectivity index (χ0) is 13.8. The van der Waals surface area contributed by atoms with Crippen LogP contribution in [0.4, 0.5) is 4.39 Å². The van der Waals surface area contributed by atoms with Crippen molar-refractivity contribution in [1.29, 1.82) is 0 Å². The summed E-state index contributed by atoms with van der Waals surface area (Å²) in [7, 11) is 0. The maximum Gasteiger partial charge on any atom is 0.256 e.